The highest BCUT2D eigenvalue weighted by Gasteiger charge is 2.28. The van der Waals surface area contributed by atoms with Gasteiger partial charge < -0.3 is 24.8 Å². The van der Waals surface area contributed by atoms with Crippen LogP contribution < -0.4 is 20.1 Å². The number of hydrogen-bond acceptors (Lipinski definition) is 7. The Morgan fingerprint density at radius 3 is 2.40 bits per heavy atom. The highest BCUT2D eigenvalue weighted by molar-refractivity contribution is 5.94. The Hall–Kier alpha value is -3.89. The third kappa shape index (κ3) is 9.55. The van der Waals surface area contributed by atoms with E-state index in [0.29, 0.717) is 30.2 Å². The molecule has 1 unspecified atom stereocenters. The minimum absolute atomic E-state index is 0.0131. The minimum Gasteiger partial charge on any atom is -0.496 e. The van der Waals surface area contributed by atoms with Crippen molar-refractivity contribution in [3.63, 3.8) is 0 Å². The van der Waals surface area contributed by atoms with Crippen LogP contribution in [-0.2, 0) is 11.4 Å². The molecule has 0 aliphatic heterocycles. The summed E-state index contributed by atoms with van der Waals surface area (Å²) in [5.41, 5.74) is 2.88. The van der Waals surface area contributed by atoms with Gasteiger partial charge in [-0.25, -0.2) is 0 Å². The first-order chi connectivity index (χ1) is 21.7. The van der Waals surface area contributed by atoms with Crippen molar-refractivity contribution in [1.82, 2.24) is 25.3 Å². The van der Waals surface area contributed by atoms with Gasteiger partial charge in [0.1, 0.15) is 24.3 Å². The second kappa shape index (κ2) is 16.4. The minimum atomic E-state index is -0.953. The summed E-state index contributed by atoms with van der Waals surface area (Å²) in [6, 6.07) is 17.4. The molecular weight excluding hydrogens is 570 g/mol. The van der Waals surface area contributed by atoms with E-state index in [0.717, 1.165) is 42.5 Å². The number of likely N-dealkylation sites (N-methyl/N-ethyl adjacent to an activating group) is 1. The number of methoxy groups -OCH3 is 1. The first-order valence-electron chi connectivity index (χ1n) is 16.0. The number of nitrogens with zero attached hydrogens (tertiary/aromatic N) is 3. The molecule has 0 radical (unpaired) electrons. The largest absolute Gasteiger partial charge is 0.496 e. The summed E-state index contributed by atoms with van der Waals surface area (Å²) in [7, 11) is 4.97. The number of aliphatic hydroxyl groups is 1. The SMILES string of the molecule is COc1cccc(OCc2ccccc2)c1-c1cc(C(=O)N[C@@H](CC(C)C)CC(O)NCC(=O)N(C)C)nn1C1CCCCC1. The molecule has 10 nitrogen and oxygen atoms in total. The van der Waals surface area contributed by atoms with E-state index < -0.39 is 6.23 Å². The van der Waals surface area contributed by atoms with Gasteiger partial charge in [0.25, 0.3) is 5.91 Å². The molecule has 1 fully saturated rings. The van der Waals surface area contributed by atoms with Crippen LogP contribution >= 0.6 is 0 Å². The van der Waals surface area contributed by atoms with Crippen molar-refractivity contribution in [2.45, 2.75) is 83.7 Å². The lowest BCUT2D eigenvalue weighted by Crippen LogP contribution is -2.44. The quantitative estimate of drug-likeness (QED) is 0.201. The molecule has 244 valence electrons. The monoisotopic (exact) mass is 619 g/mol. The molecule has 3 aromatic rings. The lowest BCUT2D eigenvalue weighted by atomic mass is 9.95. The Balaban J connectivity index is 1.63. The van der Waals surface area contributed by atoms with Crippen molar-refractivity contribution >= 4 is 11.8 Å². The maximum Gasteiger partial charge on any atom is 0.272 e. The number of rotatable bonds is 15. The lowest BCUT2D eigenvalue weighted by Gasteiger charge is -2.25. The number of aromatic nitrogens is 2. The number of ether oxygens (including phenoxy) is 2. The first kappa shape index (κ1) is 34.0. The zero-order valence-corrected chi connectivity index (χ0v) is 27.3. The van der Waals surface area contributed by atoms with Gasteiger partial charge in [0.05, 0.1) is 31.0 Å². The van der Waals surface area contributed by atoms with Gasteiger partial charge in [0, 0.05) is 26.6 Å². The average molecular weight is 620 g/mol. The fourth-order valence-corrected chi connectivity index (χ4v) is 5.84. The maximum atomic E-state index is 13.8. The first-order valence-corrected chi connectivity index (χ1v) is 16.0. The van der Waals surface area contributed by atoms with Gasteiger partial charge in [-0.2, -0.15) is 5.10 Å². The van der Waals surface area contributed by atoms with Crippen LogP contribution in [0.2, 0.25) is 0 Å². The summed E-state index contributed by atoms with van der Waals surface area (Å²) in [6.45, 7) is 4.55. The molecule has 2 aromatic carbocycles. The Bertz CT molecular complexity index is 1380. The van der Waals surface area contributed by atoms with Crippen LogP contribution in [0.1, 0.15) is 80.9 Å². The van der Waals surface area contributed by atoms with Crippen LogP contribution in [0.25, 0.3) is 11.3 Å². The van der Waals surface area contributed by atoms with Crippen molar-refractivity contribution in [3.8, 4) is 22.8 Å². The Kier molecular flexibility index (Phi) is 12.4. The van der Waals surface area contributed by atoms with Gasteiger partial charge >= 0.3 is 0 Å². The Morgan fingerprint density at radius 1 is 1.02 bits per heavy atom. The number of hydrogen-bond donors (Lipinski definition) is 3. The fourth-order valence-electron chi connectivity index (χ4n) is 5.84. The van der Waals surface area contributed by atoms with E-state index in [2.05, 4.69) is 24.5 Å². The molecule has 3 N–H and O–H groups in total. The van der Waals surface area contributed by atoms with Crippen molar-refractivity contribution in [2.24, 2.45) is 5.92 Å². The van der Waals surface area contributed by atoms with Crippen LogP contribution in [0.5, 0.6) is 11.5 Å². The van der Waals surface area contributed by atoms with Crippen LogP contribution in [0.15, 0.2) is 54.6 Å². The topological polar surface area (TPSA) is 118 Å². The third-order valence-corrected chi connectivity index (χ3v) is 8.18. The summed E-state index contributed by atoms with van der Waals surface area (Å²) in [5, 5.41) is 21.5. The molecule has 45 heavy (non-hydrogen) atoms. The molecule has 0 saturated heterocycles. The predicted molar refractivity (Wildman–Crippen MR) is 175 cm³/mol. The standard InChI is InChI=1S/C35H49N5O5/c1-24(2)19-26(20-32(41)36-22-33(42)39(3)4)37-35(43)28-21-29(40(38-28)27-15-10-7-11-16-27)34-30(44-5)17-12-18-31(34)45-23-25-13-8-6-9-14-25/h6,8-9,12-14,17-18,21,24,26-27,32,36,41H,7,10-11,15-16,19-20,22-23H2,1-5H3,(H,37,43)/t26-,32?/m0/s1. The predicted octanol–water partition coefficient (Wildman–Crippen LogP) is 5.17. The zero-order chi connectivity index (χ0) is 32.3. The smallest absolute Gasteiger partial charge is 0.272 e. The van der Waals surface area contributed by atoms with Gasteiger partial charge in [-0.3, -0.25) is 19.6 Å². The number of carbonyl (C=O) groups excluding carboxylic acids is 2. The third-order valence-electron chi connectivity index (χ3n) is 8.18. The number of nitrogens with one attached hydrogen (secondary N) is 2. The molecular formula is C35H49N5O5. The fraction of sp³-hybridized carbons (Fsp3) is 0.514. The molecule has 2 amide bonds. The van der Waals surface area contributed by atoms with Gasteiger partial charge in [-0.15, -0.1) is 0 Å². The summed E-state index contributed by atoms with van der Waals surface area (Å²) >= 11 is 0. The van der Waals surface area contributed by atoms with E-state index in [1.54, 1.807) is 21.2 Å². The molecule has 2 atom stereocenters. The molecule has 4 rings (SSSR count). The van der Waals surface area contributed by atoms with Crippen LogP contribution in [0.3, 0.4) is 0 Å². The highest BCUT2D eigenvalue weighted by atomic mass is 16.5. The molecule has 1 aromatic heterocycles. The van der Waals surface area contributed by atoms with Crippen LogP contribution in [0.4, 0.5) is 0 Å². The molecule has 0 spiro atoms. The summed E-state index contributed by atoms with van der Waals surface area (Å²) in [5.74, 6) is 1.13. The second-order valence-electron chi connectivity index (χ2n) is 12.5. The van der Waals surface area contributed by atoms with Gasteiger partial charge in [0.15, 0.2) is 5.69 Å². The number of amides is 2. The summed E-state index contributed by atoms with van der Waals surface area (Å²) in [6.07, 6.45) is 5.31. The number of aliphatic hydroxyl groups excluding tert-OH is 1. The van der Waals surface area contributed by atoms with E-state index in [1.807, 2.05) is 59.3 Å². The van der Waals surface area contributed by atoms with Gasteiger partial charge in [-0.1, -0.05) is 69.5 Å². The van der Waals surface area contributed by atoms with Crippen molar-refractivity contribution in [2.75, 3.05) is 27.7 Å². The van der Waals surface area contributed by atoms with E-state index in [1.165, 1.54) is 11.3 Å². The molecule has 10 heteroatoms. The summed E-state index contributed by atoms with van der Waals surface area (Å²) in [4.78, 5) is 27.2. The van der Waals surface area contributed by atoms with E-state index >= 15 is 0 Å². The zero-order valence-electron chi connectivity index (χ0n) is 27.3. The van der Waals surface area contributed by atoms with Gasteiger partial charge in [0.2, 0.25) is 5.91 Å². The molecule has 1 saturated carbocycles. The van der Waals surface area contributed by atoms with Crippen molar-refractivity contribution < 1.29 is 24.2 Å². The van der Waals surface area contributed by atoms with E-state index in [9.17, 15) is 14.7 Å². The van der Waals surface area contributed by atoms with Crippen LogP contribution in [-0.4, -0.2) is 71.6 Å². The average Bonchev–Trinajstić information content (AvgIpc) is 3.48. The maximum absolute atomic E-state index is 13.8. The lowest BCUT2D eigenvalue weighted by molar-refractivity contribution is -0.128. The van der Waals surface area contributed by atoms with Crippen molar-refractivity contribution in [3.05, 3.63) is 65.9 Å². The summed E-state index contributed by atoms with van der Waals surface area (Å²) < 4.78 is 14.2. The van der Waals surface area contributed by atoms with Gasteiger partial charge in [-0.05, 0) is 48.9 Å². The van der Waals surface area contributed by atoms with E-state index in [-0.39, 0.29) is 42.8 Å². The number of benzene rings is 2. The molecule has 1 aliphatic carbocycles. The molecule has 1 heterocycles. The van der Waals surface area contributed by atoms with Crippen molar-refractivity contribution in [1.29, 1.82) is 0 Å². The highest BCUT2D eigenvalue weighted by Crippen LogP contribution is 2.42. The second-order valence-corrected chi connectivity index (χ2v) is 12.5. The molecule has 0 bridgehead atoms. The normalized spacial score (nSPS) is 15.0. The Labute approximate surface area is 267 Å². The number of carbonyl (C=O) groups is 2. The Morgan fingerprint density at radius 2 is 1.73 bits per heavy atom. The van der Waals surface area contributed by atoms with Crippen LogP contribution in [0, 0.1) is 5.92 Å². The molecule has 1 aliphatic rings. The van der Waals surface area contributed by atoms with E-state index in [4.69, 9.17) is 14.6 Å².